The number of carbonyl (C=O) groups excluding carboxylic acids is 1. The molecule has 1 aromatic carbocycles. The SMILES string of the molecule is Cn1nnnc1NC(=O)c1nn(C)c(=O)n(-c2ccc(C(C)(C)C)cc2)c1=O. The summed E-state index contributed by atoms with van der Waals surface area (Å²) in [6.07, 6.45) is 0. The number of tetrazole rings is 1. The van der Waals surface area contributed by atoms with Gasteiger partial charge in [-0.15, -0.1) is 0 Å². The first kappa shape index (κ1) is 19.1. The fourth-order valence-corrected chi connectivity index (χ4v) is 2.55. The molecule has 0 aliphatic rings. The summed E-state index contributed by atoms with van der Waals surface area (Å²) in [5.41, 5.74) is -0.644. The molecule has 3 aromatic rings. The van der Waals surface area contributed by atoms with Crippen LogP contribution in [0.5, 0.6) is 0 Å². The standard InChI is InChI=1S/C17H20N8O3/c1-17(2,3)10-6-8-11(9-7-10)25-14(27)12(20-24(5)16(25)28)13(26)18-15-19-21-22-23(15)4/h6-9H,1-5H3,(H,18,19,22,26). The third-order valence-corrected chi connectivity index (χ3v) is 4.18. The van der Waals surface area contributed by atoms with Crippen LogP contribution in [0.1, 0.15) is 36.8 Å². The number of hydrogen-bond acceptors (Lipinski definition) is 7. The summed E-state index contributed by atoms with van der Waals surface area (Å²) in [5, 5.41) is 16.8. The second-order valence-electron chi connectivity index (χ2n) is 7.27. The Morgan fingerprint density at radius 3 is 2.21 bits per heavy atom. The molecule has 0 aliphatic carbocycles. The lowest BCUT2D eigenvalue weighted by atomic mass is 9.87. The van der Waals surface area contributed by atoms with Crippen LogP contribution in [0, 0.1) is 0 Å². The summed E-state index contributed by atoms with van der Waals surface area (Å²) >= 11 is 0. The molecule has 0 saturated carbocycles. The monoisotopic (exact) mass is 384 g/mol. The van der Waals surface area contributed by atoms with Crippen molar-refractivity contribution in [2.75, 3.05) is 5.32 Å². The molecule has 11 heteroatoms. The second-order valence-corrected chi connectivity index (χ2v) is 7.27. The second kappa shape index (κ2) is 6.83. The van der Waals surface area contributed by atoms with Crippen molar-refractivity contribution < 1.29 is 4.79 Å². The molecular weight excluding hydrogens is 364 g/mol. The van der Waals surface area contributed by atoms with Gasteiger partial charge in [-0.25, -0.2) is 18.7 Å². The number of carbonyl (C=O) groups is 1. The molecule has 2 heterocycles. The van der Waals surface area contributed by atoms with E-state index in [1.165, 1.54) is 18.8 Å². The normalized spacial score (nSPS) is 11.5. The Morgan fingerprint density at radius 1 is 1.04 bits per heavy atom. The highest BCUT2D eigenvalue weighted by molar-refractivity contribution is 6.01. The van der Waals surface area contributed by atoms with Crippen molar-refractivity contribution in [3.8, 4) is 5.69 Å². The van der Waals surface area contributed by atoms with Gasteiger partial charge in [0.15, 0.2) is 0 Å². The van der Waals surface area contributed by atoms with Gasteiger partial charge in [-0.05, 0) is 33.5 Å². The number of nitrogens with zero attached hydrogens (tertiary/aromatic N) is 7. The van der Waals surface area contributed by atoms with E-state index in [9.17, 15) is 14.4 Å². The van der Waals surface area contributed by atoms with E-state index in [-0.39, 0.29) is 11.4 Å². The molecule has 0 radical (unpaired) electrons. The third kappa shape index (κ3) is 3.46. The van der Waals surface area contributed by atoms with Gasteiger partial charge >= 0.3 is 5.69 Å². The lowest BCUT2D eigenvalue weighted by molar-refractivity contribution is 0.101. The molecule has 0 aliphatic heterocycles. The minimum absolute atomic E-state index is 0.0427. The zero-order valence-corrected chi connectivity index (χ0v) is 16.2. The van der Waals surface area contributed by atoms with E-state index in [2.05, 4.69) is 46.7 Å². The van der Waals surface area contributed by atoms with Gasteiger partial charge < -0.3 is 0 Å². The van der Waals surface area contributed by atoms with Crippen LogP contribution in [0.4, 0.5) is 5.95 Å². The summed E-state index contributed by atoms with van der Waals surface area (Å²) in [6, 6.07) is 7.01. The predicted molar refractivity (Wildman–Crippen MR) is 101 cm³/mol. The highest BCUT2D eigenvalue weighted by Crippen LogP contribution is 2.22. The summed E-state index contributed by atoms with van der Waals surface area (Å²) < 4.78 is 3.07. The fraction of sp³-hybridized carbons (Fsp3) is 0.353. The summed E-state index contributed by atoms with van der Waals surface area (Å²) in [4.78, 5) is 37.9. The van der Waals surface area contributed by atoms with Crippen LogP contribution in [0.25, 0.3) is 5.69 Å². The summed E-state index contributed by atoms with van der Waals surface area (Å²) in [7, 11) is 2.89. The number of anilines is 1. The Hall–Kier alpha value is -3.63. The maximum absolute atomic E-state index is 12.8. The van der Waals surface area contributed by atoms with Gasteiger partial charge in [0.05, 0.1) is 5.69 Å². The quantitative estimate of drug-likeness (QED) is 0.673. The predicted octanol–water partition coefficient (Wildman–Crippen LogP) is 0.00450. The maximum Gasteiger partial charge on any atom is 0.351 e. The van der Waals surface area contributed by atoms with Crippen LogP contribution >= 0.6 is 0 Å². The zero-order chi connectivity index (χ0) is 20.6. The van der Waals surface area contributed by atoms with Gasteiger partial charge in [-0.2, -0.15) is 5.10 Å². The molecule has 0 fully saturated rings. The highest BCUT2D eigenvalue weighted by atomic mass is 16.2. The van der Waals surface area contributed by atoms with Crippen molar-refractivity contribution in [1.82, 2.24) is 34.6 Å². The Kier molecular flexibility index (Phi) is 4.67. The molecule has 0 spiro atoms. The number of hydrogen-bond donors (Lipinski definition) is 1. The Labute approximate surface area is 159 Å². The first-order valence-corrected chi connectivity index (χ1v) is 8.44. The first-order chi connectivity index (χ1) is 13.1. The fourth-order valence-electron chi connectivity index (χ4n) is 2.55. The van der Waals surface area contributed by atoms with Crippen molar-refractivity contribution >= 4 is 11.9 Å². The molecule has 28 heavy (non-hydrogen) atoms. The molecular formula is C17H20N8O3. The molecule has 0 saturated heterocycles. The number of aryl methyl sites for hydroxylation is 2. The molecule has 11 nitrogen and oxygen atoms in total. The van der Waals surface area contributed by atoms with Crippen LogP contribution in [-0.2, 0) is 19.5 Å². The summed E-state index contributed by atoms with van der Waals surface area (Å²) in [5.74, 6) is -0.778. The molecule has 2 aromatic heterocycles. The van der Waals surface area contributed by atoms with Gasteiger partial charge in [-0.1, -0.05) is 38.0 Å². The van der Waals surface area contributed by atoms with E-state index in [1.54, 1.807) is 12.1 Å². The maximum atomic E-state index is 12.8. The number of benzene rings is 1. The third-order valence-electron chi connectivity index (χ3n) is 4.18. The summed E-state index contributed by atoms with van der Waals surface area (Å²) in [6.45, 7) is 6.18. The van der Waals surface area contributed by atoms with Gasteiger partial charge in [0.1, 0.15) is 0 Å². The Morgan fingerprint density at radius 2 is 1.68 bits per heavy atom. The minimum Gasteiger partial charge on any atom is -0.288 e. The van der Waals surface area contributed by atoms with Crippen LogP contribution < -0.4 is 16.6 Å². The molecule has 3 rings (SSSR count). The largest absolute Gasteiger partial charge is 0.351 e. The van der Waals surface area contributed by atoms with E-state index < -0.39 is 22.9 Å². The van der Waals surface area contributed by atoms with E-state index in [0.717, 1.165) is 14.8 Å². The van der Waals surface area contributed by atoms with Crippen molar-refractivity contribution in [2.45, 2.75) is 26.2 Å². The van der Waals surface area contributed by atoms with Crippen LogP contribution in [0.3, 0.4) is 0 Å². The zero-order valence-electron chi connectivity index (χ0n) is 16.2. The average Bonchev–Trinajstić information content (AvgIpc) is 3.02. The van der Waals surface area contributed by atoms with Crippen LogP contribution in [-0.4, -0.2) is 40.5 Å². The van der Waals surface area contributed by atoms with E-state index in [1.807, 2.05) is 12.1 Å². The van der Waals surface area contributed by atoms with Crippen LogP contribution in [0.2, 0.25) is 0 Å². The van der Waals surface area contributed by atoms with Crippen molar-refractivity contribution in [2.24, 2.45) is 14.1 Å². The first-order valence-electron chi connectivity index (χ1n) is 8.44. The van der Waals surface area contributed by atoms with E-state index in [4.69, 9.17) is 0 Å². The average molecular weight is 384 g/mol. The highest BCUT2D eigenvalue weighted by Gasteiger charge is 2.21. The van der Waals surface area contributed by atoms with Gasteiger partial charge in [0.2, 0.25) is 11.6 Å². The minimum atomic E-state index is -0.834. The molecule has 0 bridgehead atoms. The van der Waals surface area contributed by atoms with E-state index >= 15 is 0 Å². The number of nitrogens with one attached hydrogen (secondary N) is 1. The molecule has 0 atom stereocenters. The number of amides is 1. The number of aromatic nitrogens is 7. The van der Waals surface area contributed by atoms with Crippen molar-refractivity contribution in [3.05, 3.63) is 56.4 Å². The smallest absolute Gasteiger partial charge is 0.288 e. The Balaban J connectivity index is 2.08. The van der Waals surface area contributed by atoms with Crippen molar-refractivity contribution in [3.63, 3.8) is 0 Å². The van der Waals surface area contributed by atoms with Gasteiger partial charge in [0, 0.05) is 14.1 Å². The van der Waals surface area contributed by atoms with Crippen molar-refractivity contribution in [1.29, 1.82) is 0 Å². The van der Waals surface area contributed by atoms with Gasteiger partial charge in [-0.3, -0.25) is 14.9 Å². The lowest BCUT2D eigenvalue weighted by Gasteiger charge is -2.19. The van der Waals surface area contributed by atoms with Gasteiger partial charge in [0.25, 0.3) is 11.5 Å². The topological polar surface area (TPSA) is 130 Å². The molecule has 146 valence electrons. The molecule has 1 N–H and O–H groups in total. The van der Waals surface area contributed by atoms with Crippen LogP contribution in [0.15, 0.2) is 33.9 Å². The molecule has 0 unspecified atom stereocenters. The van der Waals surface area contributed by atoms with E-state index in [0.29, 0.717) is 5.69 Å². The number of rotatable bonds is 3. The lowest BCUT2D eigenvalue weighted by Crippen LogP contribution is -2.43. The molecule has 1 amide bonds. The Bertz CT molecular complexity index is 1150.